The van der Waals surface area contributed by atoms with E-state index in [0.29, 0.717) is 5.02 Å². The number of hydrogen-bond donors (Lipinski definition) is 3. The highest BCUT2D eigenvalue weighted by molar-refractivity contribution is 7.92. The SMILES string of the molecule is CCOC(=O)c1sc(NC(=O)c2ccccc2NS(=O)(=O)c2ccc(Cl)cc2)c(C(=O)NC(=O)OC)c1C. The Kier molecular flexibility index (Phi) is 9.09. The molecule has 14 heteroatoms. The quantitative estimate of drug-likeness (QED) is 0.331. The van der Waals surface area contributed by atoms with Crippen LogP contribution in [-0.4, -0.2) is 46.0 Å². The fourth-order valence-electron chi connectivity index (χ4n) is 3.23. The summed E-state index contributed by atoms with van der Waals surface area (Å²) in [7, 11) is -3.01. The normalized spacial score (nSPS) is 10.8. The molecule has 1 aromatic heterocycles. The van der Waals surface area contributed by atoms with Crippen LogP contribution >= 0.6 is 22.9 Å². The maximum absolute atomic E-state index is 13.3. The summed E-state index contributed by atoms with van der Waals surface area (Å²) in [6, 6.07) is 11.2. The number of thiophene rings is 1. The summed E-state index contributed by atoms with van der Waals surface area (Å²) in [5.74, 6) is -2.44. The highest BCUT2D eigenvalue weighted by Crippen LogP contribution is 2.34. The zero-order valence-electron chi connectivity index (χ0n) is 20.3. The van der Waals surface area contributed by atoms with Gasteiger partial charge in [0, 0.05) is 5.02 Å². The number of alkyl carbamates (subject to hydrolysis) is 1. The number of nitrogens with one attached hydrogen (secondary N) is 3. The first-order valence-corrected chi connectivity index (χ1v) is 13.5. The topological polar surface area (TPSA) is 157 Å². The van der Waals surface area contributed by atoms with Crippen molar-refractivity contribution in [1.29, 1.82) is 0 Å². The van der Waals surface area contributed by atoms with Crippen molar-refractivity contribution >= 4 is 67.5 Å². The molecule has 1 heterocycles. The van der Waals surface area contributed by atoms with Crippen molar-refractivity contribution in [1.82, 2.24) is 5.32 Å². The number of halogens is 1. The maximum Gasteiger partial charge on any atom is 0.413 e. The van der Waals surface area contributed by atoms with Crippen LogP contribution in [0.5, 0.6) is 0 Å². The van der Waals surface area contributed by atoms with E-state index in [0.717, 1.165) is 18.4 Å². The number of amides is 3. The van der Waals surface area contributed by atoms with Gasteiger partial charge in [-0.25, -0.2) is 18.0 Å². The second kappa shape index (κ2) is 12.1. The van der Waals surface area contributed by atoms with E-state index in [-0.39, 0.29) is 43.8 Å². The Bertz CT molecular complexity index is 1500. The molecule has 0 aliphatic heterocycles. The van der Waals surface area contributed by atoms with Gasteiger partial charge in [-0.15, -0.1) is 11.3 Å². The molecular formula is C24H22ClN3O8S2. The fourth-order valence-corrected chi connectivity index (χ4v) is 5.53. The van der Waals surface area contributed by atoms with Crippen molar-refractivity contribution in [3.05, 3.63) is 75.1 Å². The van der Waals surface area contributed by atoms with Crippen molar-refractivity contribution in [2.24, 2.45) is 0 Å². The van der Waals surface area contributed by atoms with Crippen LogP contribution in [0.1, 0.15) is 42.9 Å². The lowest BCUT2D eigenvalue weighted by Gasteiger charge is -2.13. The molecule has 3 N–H and O–H groups in total. The lowest BCUT2D eigenvalue weighted by atomic mass is 10.1. The molecular weight excluding hydrogens is 558 g/mol. The molecule has 0 radical (unpaired) electrons. The molecule has 0 fully saturated rings. The molecule has 0 atom stereocenters. The monoisotopic (exact) mass is 579 g/mol. The first kappa shape index (κ1) is 28.6. The maximum atomic E-state index is 13.3. The van der Waals surface area contributed by atoms with Crippen LogP contribution in [0, 0.1) is 6.92 Å². The van der Waals surface area contributed by atoms with Gasteiger partial charge in [0.05, 0.1) is 35.4 Å². The molecule has 0 aliphatic rings. The van der Waals surface area contributed by atoms with E-state index in [2.05, 4.69) is 14.8 Å². The van der Waals surface area contributed by atoms with Crippen molar-refractivity contribution in [2.45, 2.75) is 18.7 Å². The predicted molar refractivity (Wildman–Crippen MR) is 142 cm³/mol. The van der Waals surface area contributed by atoms with E-state index < -0.39 is 33.9 Å². The number of hydrogen-bond acceptors (Lipinski definition) is 9. The summed E-state index contributed by atoms with van der Waals surface area (Å²) in [5.41, 5.74) is -0.106. The number of ether oxygens (including phenoxy) is 2. The third-order valence-electron chi connectivity index (χ3n) is 5.00. The van der Waals surface area contributed by atoms with E-state index >= 15 is 0 Å². The minimum atomic E-state index is -4.08. The molecule has 3 rings (SSSR count). The van der Waals surface area contributed by atoms with Gasteiger partial charge in [0.15, 0.2) is 0 Å². The number of benzene rings is 2. The predicted octanol–water partition coefficient (Wildman–Crippen LogP) is 4.44. The third kappa shape index (κ3) is 6.49. The Morgan fingerprint density at radius 2 is 1.66 bits per heavy atom. The van der Waals surface area contributed by atoms with Gasteiger partial charge in [0.25, 0.3) is 21.8 Å². The van der Waals surface area contributed by atoms with Gasteiger partial charge in [0.1, 0.15) is 9.88 Å². The number of sulfonamides is 1. The summed E-state index contributed by atoms with van der Waals surface area (Å²) in [6.45, 7) is 3.14. The van der Waals surface area contributed by atoms with Gasteiger partial charge in [0.2, 0.25) is 0 Å². The van der Waals surface area contributed by atoms with Gasteiger partial charge in [-0.2, -0.15) is 0 Å². The zero-order chi connectivity index (χ0) is 28.0. The molecule has 0 saturated carbocycles. The van der Waals surface area contributed by atoms with Crippen LogP contribution in [0.3, 0.4) is 0 Å². The minimum Gasteiger partial charge on any atom is -0.462 e. The molecule has 0 aliphatic carbocycles. The van der Waals surface area contributed by atoms with Crippen LogP contribution in [0.15, 0.2) is 53.4 Å². The molecule has 0 bridgehead atoms. The molecule has 0 saturated heterocycles. The fraction of sp³-hybridized carbons (Fsp3) is 0.167. The number of methoxy groups -OCH3 is 1. The number of rotatable bonds is 8. The Balaban J connectivity index is 1.98. The summed E-state index contributed by atoms with van der Waals surface area (Å²) in [5, 5.41) is 4.82. The van der Waals surface area contributed by atoms with Gasteiger partial charge >= 0.3 is 12.1 Å². The van der Waals surface area contributed by atoms with Crippen LogP contribution < -0.4 is 15.4 Å². The number of carbonyl (C=O) groups is 4. The van der Waals surface area contributed by atoms with Crippen LogP contribution in [0.25, 0.3) is 0 Å². The number of esters is 1. The second-order valence-corrected chi connectivity index (χ2v) is 10.6. The second-order valence-electron chi connectivity index (χ2n) is 7.49. The van der Waals surface area contributed by atoms with Crippen molar-refractivity contribution < 1.29 is 37.1 Å². The number of para-hydroxylation sites is 1. The Morgan fingerprint density at radius 1 is 1.00 bits per heavy atom. The van der Waals surface area contributed by atoms with E-state index in [1.54, 1.807) is 6.92 Å². The Hall–Kier alpha value is -3.94. The van der Waals surface area contributed by atoms with E-state index in [4.69, 9.17) is 16.3 Å². The zero-order valence-corrected chi connectivity index (χ0v) is 22.7. The van der Waals surface area contributed by atoms with Gasteiger partial charge in [-0.05, 0) is 55.8 Å². The molecule has 3 aromatic rings. The van der Waals surface area contributed by atoms with Gasteiger partial charge in [-0.3, -0.25) is 19.6 Å². The summed E-state index contributed by atoms with van der Waals surface area (Å²) in [4.78, 5) is 50.1. The van der Waals surface area contributed by atoms with Crippen LogP contribution in [-0.2, 0) is 19.5 Å². The molecule has 38 heavy (non-hydrogen) atoms. The lowest BCUT2D eigenvalue weighted by molar-refractivity contribution is 0.0531. The molecule has 11 nitrogen and oxygen atoms in total. The molecule has 0 unspecified atom stereocenters. The lowest BCUT2D eigenvalue weighted by Crippen LogP contribution is -2.31. The van der Waals surface area contributed by atoms with Crippen molar-refractivity contribution in [3.63, 3.8) is 0 Å². The highest BCUT2D eigenvalue weighted by Gasteiger charge is 2.28. The molecule has 2 aromatic carbocycles. The standard InChI is InChI=1S/C24H22ClN3O8S2/c1-4-36-23(31)19-13(2)18(21(30)27-24(32)35-3)22(37-19)26-20(29)16-7-5-6-8-17(16)28-38(33,34)15-11-9-14(25)10-12-15/h5-12,28H,4H2,1-3H3,(H,26,29)(H,27,30,32). The summed E-state index contributed by atoms with van der Waals surface area (Å²) < 4.78 is 37.6. The third-order valence-corrected chi connectivity index (χ3v) is 7.82. The number of imide groups is 1. The van der Waals surface area contributed by atoms with Gasteiger partial charge < -0.3 is 14.8 Å². The van der Waals surface area contributed by atoms with E-state index in [9.17, 15) is 27.6 Å². The average Bonchev–Trinajstić information content (AvgIpc) is 3.20. The highest BCUT2D eigenvalue weighted by atomic mass is 35.5. The first-order valence-electron chi connectivity index (χ1n) is 10.9. The van der Waals surface area contributed by atoms with E-state index in [1.807, 2.05) is 5.32 Å². The van der Waals surface area contributed by atoms with Crippen LogP contribution in [0.4, 0.5) is 15.5 Å². The average molecular weight is 580 g/mol. The smallest absolute Gasteiger partial charge is 0.413 e. The minimum absolute atomic E-state index is 0.0360. The number of carbonyl (C=O) groups excluding carboxylic acids is 4. The Labute approximate surface area is 227 Å². The summed E-state index contributed by atoms with van der Waals surface area (Å²) >= 11 is 6.60. The van der Waals surface area contributed by atoms with Crippen LogP contribution in [0.2, 0.25) is 5.02 Å². The molecule has 200 valence electrons. The van der Waals surface area contributed by atoms with E-state index in [1.165, 1.54) is 55.5 Å². The summed E-state index contributed by atoms with van der Waals surface area (Å²) in [6.07, 6.45) is -1.04. The molecule has 3 amide bonds. The largest absolute Gasteiger partial charge is 0.462 e. The van der Waals surface area contributed by atoms with Gasteiger partial charge in [-0.1, -0.05) is 23.7 Å². The number of anilines is 2. The Morgan fingerprint density at radius 3 is 2.29 bits per heavy atom. The van der Waals surface area contributed by atoms with Crippen molar-refractivity contribution in [2.75, 3.05) is 23.8 Å². The van der Waals surface area contributed by atoms with Crippen molar-refractivity contribution in [3.8, 4) is 0 Å². The first-order chi connectivity index (χ1) is 18.0. The molecule has 0 spiro atoms.